The second kappa shape index (κ2) is 6.78. The predicted molar refractivity (Wildman–Crippen MR) is 90.1 cm³/mol. The fraction of sp³-hybridized carbons (Fsp3) is 0.333. The third kappa shape index (κ3) is 4.38. The maximum atomic E-state index is 11.8. The van der Waals surface area contributed by atoms with E-state index in [1.807, 2.05) is 12.1 Å². The first kappa shape index (κ1) is 17.6. The molecule has 0 aliphatic carbocycles. The average Bonchev–Trinajstić information content (AvgIpc) is 2.47. The van der Waals surface area contributed by atoms with Crippen molar-refractivity contribution < 1.29 is 24.5 Å². The highest BCUT2D eigenvalue weighted by molar-refractivity contribution is 5.89. The summed E-state index contributed by atoms with van der Waals surface area (Å²) >= 11 is 0. The van der Waals surface area contributed by atoms with Crippen LogP contribution in [0.2, 0.25) is 0 Å². The number of carboxylic acid groups (broad SMARTS) is 1. The number of phenols is 1. The number of phenolic OH excluding ortho intramolecular Hbond substituents is 1. The lowest BCUT2D eigenvalue weighted by Crippen LogP contribution is -2.44. The lowest BCUT2D eigenvalue weighted by molar-refractivity contribution is -0.139. The van der Waals surface area contributed by atoms with Crippen molar-refractivity contribution in [2.24, 2.45) is 0 Å². The first-order valence-electron chi connectivity index (χ1n) is 7.59. The van der Waals surface area contributed by atoms with Crippen molar-refractivity contribution in [1.29, 1.82) is 0 Å². The first-order valence-corrected chi connectivity index (χ1v) is 7.59. The van der Waals surface area contributed by atoms with Gasteiger partial charge in [0.15, 0.2) is 0 Å². The largest absolute Gasteiger partial charge is 0.507 e. The van der Waals surface area contributed by atoms with Gasteiger partial charge in [-0.1, -0.05) is 36.4 Å². The van der Waals surface area contributed by atoms with Crippen LogP contribution in [0.1, 0.15) is 26.3 Å². The summed E-state index contributed by atoms with van der Waals surface area (Å²) in [4.78, 5) is 23.2. The zero-order chi connectivity index (χ0) is 17.9. The van der Waals surface area contributed by atoms with Gasteiger partial charge in [0.05, 0.1) is 0 Å². The molecule has 0 aliphatic rings. The fourth-order valence-electron chi connectivity index (χ4n) is 2.33. The normalized spacial score (nSPS) is 12.6. The smallest absolute Gasteiger partial charge is 0.408 e. The Labute approximate surface area is 140 Å². The summed E-state index contributed by atoms with van der Waals surface area (Å²) in [6.07, 6.45) is -0.860. The highest BCUT2D eigenvalue weighted by Crippen LogP contribution is 2.29. The minimum absolute atomic E-state index is 0.0188. The zero-order valence-corrected chi connectivity index (χ0v) is 13.9. The number of fused-ring (bicyclic) bond motifs is 1. The summed E-state index contributed by atoms with van der Waals surface area (Å²) in [6.45, 7) is 5.08. The van der Waals surface area contributed by atoms with Gasteiger partial charge >= 0.3 is 12.1 Å². The minimum Gasteiger partial charge on any atom is -0.507 e. The van der Waals surface area contributed by atoms with Crippen LogP contribution in [0.3, 0.4) is 0 Å². The van der Waals surface area contributed by atoms with Crippen LogP contribution in [0.5, 0.6) is 5.75 Å². The molecule has 0 aromatic heterocycles. The molecule has 2 aromatic carbocycles. The quantitative estimate of drug-likeness (QED) is 0.800. The van der Waals surface area contributed by atoms with E-state index >= 15 is 0 Å². The SMILES string of the molecule is CC(C)(C)OC(=O)NC(Cc1ccc2ccccc2c1O)C(=O)O. The molecule has 0 aliphatic heterocycles. The molecule has 0 radical (unpaired) electrons. The maximum absolute atomic E-state index is 11.8. The molecule has 2 rings (SSSR count). The Balaban J connectivity index is 2.21. The monoisotopic (exact) mass is 331 g/mol. The summed E-state index contributed by atoms with van der Waals surface area (Å²) in [5.41, 5.74) is -0.282. The van der Waals surface area contributed by atoms with Gasteiger partial charge in [-0.15, -0.1) is 0 Å². The number of rotatable bonds is 4. The molecule has 1 unspecified atom stereocenters. The van der Waals surface area contributed by atoms with Crippen LogP contribution < -0.4 is 5.32 Å². The maximum Gasteiger partial charge on any atom is 0.408 e. The molecule has 1 atom stereocenters. The Kier molecular flexibility index (Phi) is 4.97. The average molecular weight is 331 g/mol. The molecule has 3 N–H and O–H groups in total. The summed E-state index contributed by atoms with van der Waals surface area (Å²) in [6, 6.07) is 9.51. The van der Waals surface area contributed by atoms with Crippen LogP contribution in [0, 0.1) is 0 Å². The molecule has 6 nitrogen and oxygen atoms in total. The topological polar surface area (TPSA) is 95.9 Å². The van der Waals surface area contributed by atoms with Crippen molar-refractivity contribution >= 4 is 22.8 Å². The van der Waals surface area contributed by atoms with Crippen molar-refractivity contribution in [2.75, 3.05) is 0 Å². The van der Waals surface area contributed by atoms with E-state index in [-0.39, 0.29) is 12.2 Å². The number of aromatic hydroxyl groups is 1. The number of nitrogens with one attached hydrogen (secondary N) is 1. The molecule has 0 saturated heterocycles. The van der Waals surface area contributed by atoms with Crippen molar-refractivity contribution in [2.45, 2.75) is 38.8 Å². The number of carbonyl (C=O) groups excluding carboxylic acids is 1. The van der Waals surface area contributed by atoms with Crippen molar-refractivity contribution in [3.8, 4) is 5.75 Å². The molecule has 2 aromatic rings. The Bertz CT molecular complexity index is 764. The standard InChI is InChI=1S/C18H21NO5/c1-18(2,3)24-17(23)19-14(16(21)22)10-12-9-8-11-6-4-5-7-13(11)15(12)20/h4-9,14,20H,10H2,1-3H3,(H,19,23)(H,21,22). The molecule has 0 fully saturated rings. The Hall–Kier alpha value is -2.76. The van der Waals surface area contributed by atoms with Gasteiger partial charge in [0.2, 0.25) is 0 Å². The number of ether oxygens (including phenoxy) is 1. The van der Waals surface area contributed by atoms with Crippen molar-refractivity contribution in [3.63, 3.8) is 0 Å². The minimum atomic E-state index is -1.20. The van der Waals surface area contributed by atoms with Gasteiger partial charge in [-0.05, 0) is 31.7 Å². The summed E-state index contributed by atoms with van der Waals surface area (Å²) in [7, 11) is 0. The van der Waals surface area contributed by atoms with E-state index in [0.717, 1.165) is 5.39 Å². The van der Waals surface area contributed by atoms with Crippen molar-refractivity contribution in [1.82, 2.24) is 5.32 Å². The first-order chi connectivity index (χ1) is 11.2. The number of alkyl carbamates (subject to hydrolysis) is 1. The van der Waals surface area contributed by atoms with E-state index in [4.69, 9.17) is 4.74 Å². The molecule has 6 heteroatoms. The van der Waals surface area contributed by atoms with E-state index in [0.29, 0.717) is 10.9 Å². The van der Waals surface area contributed by atoms with Crippen LogP contribution in [0.25, 0.3) is 10.8 Å². The van der Waals surface area contributed by atoms with Gasteiger partial charge in [-0.3, -0.25) is 0 Å². The van der Waals surface area contributed by atoms with Gasteiger partial charge in [0.1, 0.15) is 17.4 Å². The predicted octanol–water partition coefficient (Wildman–Crippen LogP) is 3.07. The molecule has 24 heavy (non-hydrogen) atoms. The summed E-state index contributed by atoms with van der Waals surface area (Å²) in [5, 5.41) is 23.5. The van der Waals surface area contributed by atoms with Crippen LogP contribution in [0.15, 0.2) is 36.4 Å². The number of carboxylic acids is 1. The second-order valence-electron chi connectivity index (χ2n) is 6.54. The van der Waals surface area contributed by atoms with Crippen LogP contribution in [-0.2, 0) is 16.0 Å². The van der Waals surface area contributed by atoms with Crippen LogP contribution in [0.4, 0.5) is 4.79 Å². The van der Waals surface area contributed by atoms with Crippen molar-refractivity contribution in [3.05, 3.63) is 42.0 Å². The Morgan fingerprint density at radius 2 is 1.83 bits per heavy atom. The molecule has 128 valence electrons. The number of benzene rings is 2. The molecule has 0 spiro atoms. The van der Waals surface area contributed by atoms with Gasteiger partial charge in [-0.25, -0.2) is 9.59 Å². The lowest BCUT2D eigenvalue weighted by Gasteiger charge is -2.22. The lowest BCUT2D eigenvalue weighted by atomic mass is 10.00. The van der Waals surface area contributed by atoms with Gasteiger partial charge in [0, 0.05) is 11.8 Å². The van der Waals surface area contributed by atoms with E-state index in [1.54, 1.807) is 45.0 Å². The van der Waals surface area contributed by atoms with Gasteiger partial charge < -0.3 is 20.3 Å². The third-order valence-corrected chi connectivity index (χ3v) is 3.40. The zero-order valence-electron chi connectivity index (χ0n) is 13.9. The summed E-state index contributed by atoms with van der Waals surface area (Å²) in [5.74, 6) is -1.18. The number of hydrogen-bond acceptors (Lipinski definition) is 4. The number of carbonyl (C=O) groups is 2. The molecule has 0 bridgehead atoms. The van der Waals surface area contributed by atoms with E-state index in [2.05, 4.69) is 5.32 Å². The number of amides is 1. The fourth-order valence-corrected chi connectivity index (χ4v) is 2.33. The summed E-state index contributed by atoms with van der Waals surface area (Å²) < 4.78 is 5.08. The van der Waals surface area contributed by atoms with E-state index in [1.165, 1.54) is 0 Å². The van der Waals surface area contributed by atoms with Crippen LogP contribution >= 0.6 is 0 Å². The molecule has 0 heterocycles. The second-order valence-corrected chi connectivity index (χ2v) is 6.54. The highest BCUT2D eigenvalue weighted by Gasteiger charge is 2.25. The highest BCUT2D eigenvalue weighted by atomic mass is 16.6. The molecule has 1 amide bonds. The molecular formula is C18H21NO5. The van der Waals surface area contributed by atoms with E-state index < -0.39 is 23.7 Å². The Morgan fingerprint density at radius 1 is 1.17 bits per heavy atom. The van der Waals surface area contributed by atoms with E-state index in [9.17, 15) is 19.8 Å². The Morgan fingerprint density at radius 3 is 2.46 bits per heavy atom. The van der Waals surface area contributed by atoms with Crippen LogP contribution in [-0.4, -0.2) is 33.9 Å². The molecule has 0 saturated carbocycles. The number of aliphatic carboxylic acids is 1. The third-order valence-electron chi connectivity index (χ3n) is 3.40. The van der Waals surface area contributed by atoms with Gasteiger partial charge in [-0.2, -0.15) is 0 Å². The van der Waals surface area contributed by atoms with Gasteiger partial charge in [0.25, 0.3) is 0 Å². The number of hydrogen-bond donors (Lipinski definition) is 3. The molecular weight excluding hydrogens is 310 g/mol.